The van der Waals surface area contributed by atoms with Crippen molar-refractivity contribution < 1.29 is 0 Å². The fourth-order valence-corrected chi connectivity index (χ4v) is 2.33. The van der Waals surface area contributed by atoms with Crippen molar-refractivity contribution in [2.45, 2.75) is 18.8 Å². The van der Waals surface area contributed by atoms with Gasteiger partial charge in [0.05, 0.1) is 12.4 Å². The fraction of sp³-hybridized carbons (Fsp3) is 0.500. The number of nitrogens with two attached hydrogens (primary N) is 1. The van der Waals surface area contributed by atoms with E-state index in [1.54, 1.807) is 10.9 Å². The number of nitrogens with one attached hydrogen (secondary N) is 1. The molecule has 2 aromatic heterocycles. The molecule has 3 N–H and O–H groups in total. The van der Waals surface area contributed by atoms with E-state index in [1.165, 1.54) is 6.20 Å². The number of hydrogen-bond acceptors (Lipinski definition) is 6. The maximum Gasteiger partial charge on any atom is 0.178 e. The molecular weight excluding hydrogens is 242 g/mol. The Morgan fingerprint density at radius 2 is 2.05 bits per heavy atom. The van der Waals surface area contributed by atoms with Crippen LogP contribution in [0.25, 0.3) is 11.5 Å². The minimum Gasteiger partial charge on any atom is -0.382 e. The van der Waals surface area contributed by atoms with E-state index in [4.69, 9.17) is 5.73 Å². The summed E-state index contributed by atoms with van der Waals surface area (Å²) >= 11 is 0. The zero-order valence-corrected chi connectivity index (χ0v) is 10.9. The lowest BCUT2D eigenvalue weighted by Crippen LogP contribution is -2.27. The largest absolute Gasteiger partial charge is 0.382 e. The number of piperidine rings is 1. The zero-order chi connectivity index (χ0) is 13.2. The molecule has 0 aliphatic carbocycles. The van der Waals surface area contributed by atoms with Gasteiger partial charge in [-0.3, -0.25) is 0 Å². The third kappa shape index (κ3) is 2.41. The number of aryl methyl sites for hydroxylation is 1. The summed E-state index contributed by atoms with van der Waals surface area (Å²) in [6.07, 6.45) is 5.33. The third-order valence-corrected chi connectivity index (χ3v) is 3.38. The summed E-state index contributed by atoms with van der Waals surface area (Å²) < 4.78 is 1.76. The number of nitrogens with zero attached hydrogens (tertiary/aromatic N) is 5. The number of aromatic nitrogens is 5. The Hall–Kier alpha value is -2.02. The molecule has 7 heteroatoms. The second-order valence-electron chi connectivity index (χ2n) is 4.77. The van der Waals surface area contributed by atoms with Crippen LogP contribution in [0.1, 0.15) is 24.6 Å². The van der Waals surface area contributed by atoms with Crippen LogP contribution in [0.3, 0.4) is 0 Å². The highest BCUT2D eigenvalue weighted by molar-refractivity contribution is 5.49. The Bertz CT molecular complexity index is 554. The van der Waals surface area contributed by atoms with Gasteiger partial charge >= 0.3 is 0 Å². The molecule has 19 heavy (non-hydrogen) atoms. The van der Waals surface area contributed by atoms with Crippen LogP contribution in [-0.4, -0.2) is 37.8 Å². The average molecular weight is 259 g/mol. The van der Waals surface area contributed by atoms with Crippen molar-refractivity contribution in [3.8, 4) is 11.5 Å². The monoisotopic (exact) mass is 259 g/mol. The maximum atomic E-state index is 5.54. The minimum atomic E-state index is 0.407. The van der Waals surface area contributed by atoms with Crippen molar-refractivity contribution in [3.05, 3.63) is 18.2 Å². The van der Waals surface area contributed by atoms with E-state index < -0.39 is 0 Å². The Labute approximate surface area is 111 Å². The molecule has 1 aliphatic heterocycles. The van der Waals surface area contributed by atoms with Crippen LogP contribution in [0.4, 0.5) is 5.82 Å². The van der Waals surface area contributed by atoms with E-state index in [1.807, 2.05) is 7.05 Å². The van der Waals surface area contributed by atoms with Crippen LogP contribution < -0.4 is 11.1 Å². The molecule has 0 spiro atoms. The standard InChI is InChI=1S/C12H17N7/c1-19-12(9-6-16-10(13)7-15-9)17-11(18-19)8-2-4-14-5-3-8/h6-8,14H,2-5H2,1H3,(H2,13,16). The SMILES string of the molecule is Cn1nc(C2CCNCC2)nc1-c1cnc(N)cn1. The quantitative estimate of drug-likeness (QED) is 0.806. The lowest BCUT2D eigenvalue weighted by Gasteiger charge is -2.19. The minimum absolute atomic E-state index is 0.407. The predicted molar refractivity (Wildman–Crippen MR) is 71.3 cm³/mol. The van der Waals surface area contributed by atoms with E-state index in [-0.39, 0.29) is 0 Å². The van der Waals surface area contributed by atoms with Crippen molar-refractivity contribution in [1.29, 1.82) is 0 Å². The van der Waals surface area contributed by atoms with Crippen molar-refractivity contribution >= 4 is 5.82 Å². The number of rotatable bonds is 2. The molecule has 3 rings (SSSR count). The van der Waals surface area contributed by atoms with Gasteiger partial charge in [-0.1, -0.05) is 0 Å². The van der Waals surface area contributed by atoms with Crippen molar-refractivity contribution in [1.82, 2.24) is 30.0 Å². The second kappa shape index (κ2) is 4.93. The van der Waals surface area contributed by atoms with Crippen LogP contribution in [-0.2, 0) is 7.05 Å². The summed E-state index contributed by atoms with van der Waals surface area (Å²) in [6, 6.07) is 0. The van der Waals surface area contributed by atoms with Gasteiger partial charge in [0, 0.05) is 13.0 Å². The smallest absolute Gasteiger partial charge is 0.178 e. The van der Waals surface area contributed by atoms with E-state index in [0.29, 0.717) is 17.4 Å². The van der Waals surface area contributed by atoms with Crippen molar-refractivity contribution in [2.24, 2.45) is 7.05 Å². The van der Waals surface area contributed by atoms with Gasteiger partial charge in [-0.15, -0.1) is 0 Å². The van der Waals surface area contributed by atoms with Gasteiger partial charge in [-0.25, -0.2) is 19.6 Å². The Morgan fingerprint density at radius 3 is 2.74 bits per heavy atom. The van der Waals surface area contributed by atoms with Crippen LogP contribution >= 0.6 is 0 Å². The number of anilines is 1. The molecule has 0 bridgehead atoms. The highest BCUT2D eigenvalue weighted by atomic mass is 15.3. The molecule has 1 fully saturated rings. The van der Waals surface area contributed by atoms with Gasteiger partial charge in [-0.05, 0) is 25.9 Å². The summed E-state index contributed by atoms with van der Waals surface area (Å²) in [7, 11) is 1.88. The first-order valence-electron chi connectivity index (χ1n) is 6.43. The van der Waals surface area contributed by atoms with Gasteiger partial charge in [0.2, 0.25) is 0 Å². The summed E-state index contributed by atoms with van der Waals surface area (Å²) in [5, 5.41) is 7.86. The molecule has 0 saturated carbocycles. The molecule has 0 amide bonds. The summed E-state index contributed by atoms with van der Waals surface area (Å²) in [6.45, 7) is 2.06. The highest BCUT2D eigenvalue weighted by Crippen LogP contribution is 2.24. The average Bonchev–Trinajstić information content (AvgIpc) is 2.83. The molecule has 0 aromatic carbocycles. The molecule has 1 saturated heterocycles. The summed E-state index contributed by atoms with van der Waals surface area (Å²) in [5.41, 5.74) is 6.24. The van der Waals surface area contributed by atoms with Gasteiger partial charge in [0.15, 0.2) is 11.6 Å². The van der Waals surface area contributed by atoms with E-state index in [0.717, 1.165) is 37.6 Å². The lowest BCUT2D eigenvalue weighted by atomic mass is 9.98. The topological polar surface area (TPSA) is 94.5 Å². The van der Waals surface area contributed by atoms with E-state index >= 15 is 0 Å². The predicted octanol–water partition coefficient (Wildman–Crippen LogP) is 0.321. The molecule has 1 aliphatic rings. The van der Waals surface area contributed by atoms with E-state index in [2.05, 4.69) is 25.4 Å². The summed E-state index contributed by atoms with van der Waals surface area (Å²) in [4.78, 5) is 12.9. The van der Waals surface area contributed by atoms with Crippen LogP contribution in [0.15, 0.2) is 12.4 Å². The van der Waals surface area contributed by atoms with Crippen molar-refractivity contribution in [2.75, 3.05) is 18.8 Å². The Morgan fingerprint density at radius 1 is 1.26 bits per heavy atom. The maximum absolute atomic E-state index is 5.54. The molecule has 0 atom stereocenters. The first-order chi connectivity index (χ1) is 9.24. The lowest BCUT2D eigenvalue weighted by molar-refractivity contribution is 0.443. The zero-order valence-electron chi connectivity index (χ0n) is 10.9. The number of hydrogen-bond donors (Lipinski definition) is 2. The Balaban J connectivity index is 1.90. The fourth-order valence-electron chi connectivity index (χ4n) is 2.33. The second-order valence-corrected chi connectivity index (χ2v) is 4.77. The first kappa shape index (κ1) is 12.0. The molecule has 7 nitrogen and oxygen atoms in total. The molecule has 2 aromatic rings. The molecule has 0 unspecified atom stereocenters. The highest BCUT2D eigenvalue weighted by Gasteiger charge is 2.21. The first-order valence-corrected chi connectivity index (χ1v) is 6.43. The normalized spacial score (nSPS) is 16.7. The van der Waals surface area contributed by atoms with Gasteiger partial charge in [-0.2, -0.15) is 5.10 Å². The van der Waals surface area contributed by atoms with Crippen LogP contribution in [0.2, 0.25) is 0 Å². The molecule has 0 radical (unpaired) electrons. The molecular formula is C12H17N7. The molecule has 100 valence electrons. The van der Waals surface area contributed by atoms with Gasteiger partial charge < -0.3 is 11.1 Å². The Kier molecular flexibility index (Phi) is 3.12. The van der Waals surface area contributed by atoms with Gasteiger partial charge in [0.1, 0.15) is 11.5 Å². The van der Waals surface area contributed by atoms with Crippen molar-refractivity contribution in [3.63, 3.8) is 0 Å². The van der Waals surface area contributed by atoms with E-state index in [9.17, 15) is 0 Å². The summed E-state index contributed by atoms with van der Waals surface area (Å²) in [5.74, 6) is 2.48. The third-order valence-electron chi connectivity index (χ3n) is 3.38. The van der Waals surface area contributed by atoms with Crippen LogP contribution in [0, 0.1) is 0 Å². The molecule has 3 heterocycles. The van der Waals surface area contributed by atoms with Gasteiger partial charge in [0.25, 0.3) is 0 Å². The van der Waals surface area contributed by atoms with Crippen LogP contribution in [0.5, 0.6) is 0 Å². The number of nitrogen functional groups attached to an aromatic ring is 1.